The molecule has 2 aromatic rings. The van der Waals surface area contributed by atoms with Gasteiger partial charge in [0, 0.05) is 38.5 Å². The second-order valence-electron chi connectivity index (χ2n) is 12.0. The van der Waals surface area contributed by atoms with Gasteiger partial charge in [-0.2, -0.15) is 0 Å². The van der Waals surface area contributed by atoms with E-state index in [1.807, 2.05) is 73.7 Å². The number of hydrogen-bond acceptors (Lipinski definition) is 6. The van der Waals surface area contributed by atoms with Gasteiger partial charge in [-0.25, -0.2) is 0 Å². The number of carbonyl (C=O) groups excluding carboxylic acids is 3. The van der Waals surface area contributed by atoms with Crippen molar-refractivity contribution in [1.82, 2.24) is 9.80 Å². The summed E-state index contributed by atoms with van der Waals surface area (Å²) in [5, 5.41) is 9.32. The molecule has 4 heterocycles. The largest absolute Gasteiger partial charge is 0.497 e. The number of likely N-dealkylation sites (tertiary alicyclic amines) is 1. The number of aliphatic hydroxyl groups is 1. The van der Waals surface area contributed by atoms with E-state index in [1.165, 1.54) is 0 Å². The van der Waals surface area contributed by atoms with Crippen LogP contribution < -0.4 is 9.64 Å². The van der Waals surface area contributed by atoms with Gasteiger partial charge < -0.3 is 29.3 Å². The van der Waals surface area contributed by atoms with E-state index in [4.69, 9.17) is 9.47 Å². The van der Waals surface area contributed by atoms with Crippen LogP contribution in [0.4, 0.5) is 5.69 Å². The Kier molecular flexibility index (Phi) is 7.87. The van der Waals surface area contributed by atoms with E-state index in [0.717, 1.165) is 5.56 Å². The molecular weight excluding hydrogens is 546 g/mol. The lowest BCUT2D eigenvalue weighted by molar-refractivity contribution is -0.148. The molecule has 0 bridgehead atoms. The zero-order valence-electron chi connectivity index (χ0n) is 24.7. The molecule has 226 valence electrons. The third kappa shape index (κ3) is 4.94. The second kappa shape index (κ2) is 11.6. The number of fused-ring (bicyclic) bond motifs is 2. The number of amides is 3. The molecule has 1 unspecified atom stereocenters. The third-order valence-corrected chi connectivity index (χ3v) is 9.30. The predicted octanol–water partition coefficient (Wildman–Crippen LogP) is 3.33. The van der Waals surface area contributed by atoms with Crippen LogP contribution in [-0.2, 0) is 25.7 Å². The normalized spacial score (nSPS) is 29.8. The highest BCUT2D eigenvalue weighted by Crippen LogP contribution is 2.57. The summed E-state index contributed by atoms with van der Waals surface area (Å²) >= 11 is 0. The molecule has 3 amide bonds. The van der Waals surface area contributed by atoms with Gasteiger partial charge in [0.25, 0.3) is 5.91 Å². The van der Waals surface area contributed by atoms with Crippen molar-refractivity contribution in [2.24, 2.45) is 11.8 Å². The summed E-state index contributed by atoms with van der Waals surface area (Å²) in [6.45, 7) is 3.40. The highest BCUT2D eigenvalue weighted by molar-refractivity contribution is 6.06. The number of aliphatic hydroxyl groups excluding tert-OH is 1. The van der Waals surface area contributed by atoms with Crippen molar-refractivity contribution >= 4 is 23.4 Å². The monoisotopic (exact) mass is 585 g/mol. The van der Waals surface area contributed by atoms with Crippen LogP contribution in [0.15, 0.2) is 78.9 Å². The summed E-state index contributed by atoms with van der Waals surface area (Å²) in [6.07, 6.45) is 9.57. The molecule has 2 aromatic carbocycles. The standard InChI is InChI=1S/C34H39N3O6/c1-33-17-9-19-35(23-24-11-5-3-6-12-24)30(39)27(33)28-31(40)37(20-7-4-8-22-38)29-32(41)36(21-10-18-34(28,29)43-33)25-13-15-26(42-2)16-14-25/h3,5-6,9-18,27-29,38H,4,7-8,19-23H2,1-2H3/t27-,28+,29?,33+,34+/m1/s1. The van der Waals surface area contributed by atoms with Crippen LogP contribution in [0.1, 0.15) is 31.7 Å². The van der Waals surface area contributed by atoms with Crippen LogP contribution in [0.2, 0.25) is 0 Å². The Morgan fingerprint density at radius 3 is 2.35 bits per heavy atom. The Morgan fingerprint density at radius 1 is 0.884 bits per heavy atom. The first-order valence-electron chi connectivity index (χ1n) is 15.1. The Labute approximate surface area is 252 Å². The second-order valence-corrected chi connectivity index (χ2v) is 12.0. The van der Waals surface area contributed by atoms with Crippen molar-refractivity contribution in [1.29, 1.82) is 0 Å². The fraction of sp³-hybridized carbons (Fsp3) is 0.441. The summed E-state index contributed by atoms with van der Waals surface area (Å²) < 4.78 is 12.2. The first-order valence-corrected chi connectivity index (χ1v) is 15.1. The zero-order valence-corrected chi connectivity index (χ0v) is 24.7. The maximum atomic E-state index is 14.6. The van der Waals surface area contributed by atoms with Crippen molar-refractivity contribution in [2.45, 2.75) is 50.0 Å². The Hall–Kier alpha value is -3.95. The molecule has 4 aliphatic heterocycles. The Morgan fingerprint density at radius 2 is 1.63 bits per heavy atom. The third-order valence-electron chi connectivity index (χ3n) is 9.30. The smallest absolute Gasteiger partial charge is 0.253 e. The number of methoxy groups -OCH3 is 1. The van der Waals surface area contributed by atoms with Crippen LogP contribution in [0, 0.1) is 11.8 Å². The minimum Gasteiger partial charge on any atom is -0.497 e. The lowest BCUT2D eigenvalue weighted by atomic mass is 9.74. The lowest BCUT2D eigenvalue weighted by Gasteiger charge is -2.37. The molecular formula is C34H39N3O6. The zero-order chi connectivity index (χ0) is 30.2. The molecule has 1 spiro atoms. The molecule has 0 aliphatic carbocycles. The number of hydrogen-bond donors (Lipinski definition) is 1. The summed E-state index contributed by atoms with van der Waals surface area (Å²) in [7, 11) is 1.59. The van der Waals surface area contributed by atoms with E-state index < -0.39 is 29.1 Å². The Balaban J connectivity index is 1.39. The molecule has 4 aliphatic rings. The van der Waals surface area contributed by atoms with Crippen LogP contribution >= 0.6 is 0 Å². The number of carbonyl (C=O) groups is 3. The van der Waals surface area contributed by atoms with E-state index in [1.54, 1.807) is 33.9 Å². The average Bonchev–Trinajstić information content (AvgIpc) is 3.28. The van der Waals surface area contributed by atoms with Gasteiger partial charge in [-0.15, -0.1) is 0 Å². The highest BCUT2D eigenvalue weighted by atomic mass is 16.5. The molecule has 2 fully saturated rings. The molecule has 1 N–H and O–H groups in total. The summed E-state index contributed by atoms with van der Waals surface area (Å²) in [5.74, 6) is -1.60. The topological polar surface area (TPSA) is 99.6 Å². The fourth-order valence-corrected chi connectivity index (χ4v) is 7.32. The molecule has 2 saturated heterocycles. The van der Waals surface area contributed by atoms with Crippen LogP contribution in [0.25, 0.3) is 0 Å². The number of unbranched alkanes of at least 4 members (excludes halogenated alkanes) is 2. The summed E-state index contributed by atoms with van der Waals surface area (Å²) in [5.41, 5.74) is -0.680. The van der Waals surface area contributed by atoms with Gasteiger partial charge in [0.1, 0.15) is 17.4 Å². The highest BCUT2D eigenvalue weighted by Gasteiger charge is 2.74. The molecule has 0 aromatic heterocycles. The van der Waals surface area contributed by atoms with Crippen molar-refractivity contribution in [3.8, 4) is 5.75 Å². The molecule has 6 rings (SSSR count). The van der Waals surface area contributed by atoms with E-state index in [9.17, 15) is 19.5 Å². The molecule has 5 atom stereocenters. The van der Waals surface area contributed by atoms with E-state index in [0.29, 0.717) is 56.9 Å². The summed E-state index contributed by atoms with van der Waals surface area (Å²) in [6, 6.07) is 16.1. The fourth-order valence-electron chi connectivity index (χ4n) is 7.32. The number of rotatable bonds is 9. The summed E-state index contributed by atoms with van der Waals surface area (Å²) in [4.78, 5) is 48.5. The van der Waals surface area contributed by atoms with Crippen LogP contribution in [0.3, 0.4) is 0 Å². The van der Waals surface area contributed by atoms with Gasteiger partial charge in [-0.1, -0.05) is 54.6 Å². The van der Waals surface area contributed by atoms with Crippen LogP contribution in [0.5, 0.6) is 5.75 Å². The first-order chi connectivity index (χ1) is 20.8. The number of ether oxygens (including phenoxy) is 2. The van der Waals surface area contributed by atoms with Gasteiger partial charge in [0.2, 0.25) is 11.8 Å². The molecule has 43 heavy (non-hydrogen) atoms. The average molecular weight is 586 g/mol. The maximum Gasteiger partial charge on any atom is 0.253 e. The number of anilines is 1. The van der Waals surface area contributed by atoms with Gasteiger partial charge in [0.15, 0.2) is 0 Å². The maximum absolute atomic E-state index is 14.6. The Bertz CT molecular complexity index is 1430. The van der Waals surface area contributed by atoms with E-state index in [2.05, 4.69) is 0 Å². The molecule has 9 heteroatoms. The van der Waals surface area contributed by atoms with Gasteiger partial charge in [-0.3, -0.25) is 14.4 Å². The van der Waals surface area contributed by atoms with Crippen molar-refractivity contribution in [3.05, 3.63) is 84.5 Å². The number of benzene rings is 2. The van der Waals surface area contributed by atoms with E-state index in [-0.39, 0.29) is 24.3 Å². The van der Waals surface area contributed by atoms with Gasteiger partial charge >= 0.3 is 0 Å². The minimum absolute atomic E-state index is 0.0679. The van der Waals surface area contributed by atoms with Crippen molar-refractivity contribution in [2.75, 3.05) is 38.3 Å². The lowest BCUT2D eigenvalue weighted by Crippen LogP contribution is -2.56. The van der Waals surface area contributed by atoms with Crippen molar-refractivity contribution < 1.29 is 29.0 Å². The van der Waals surface area contributed by atoms with Crippen molar-refractivity contribution in [3.63, 3.8) is 0 Å². The molecule has 0 radical (unpaired) electrons. The molecule has 9 nitrogen and oxygen atoms in total. The first kappa shape index (κ1) is 29.1. The predicted molar refractivity (Wildman–Crippen MR) is 161 cm³/mol. The molecule has 0 saturated carbocycles. The quantitative estimate of drug-likeness (QED) is 0.358. The van der Waals surface area contributed by atoms with E-state index >= 15 is 0 Å². The van der Waals surface area contributed by atoms with Crippen LogP contribution in [-0.4, -0.2) is 83.2 Å². The van der Waals surface area contributed by atoms with Gasteiger partial charge in [0.05, 0.1) is 24.5 Å². The number of nitrogens with zero attached hydrogens (tertiary/aromatic N) is 3. The minimum atomic E-state index is -1.30. The SMILES string of the molecule is COc1ccc(N2CC=C[C@]34O[C@@]5(C)C=CCN(Cc6ccccc6)C(=O)[C@H]5[C@H]3C(=O)N(CCCCCO)C4C2=O)cc1. The van der Waals surface area contributed by atoms with Gasteiger partial charge in [-0.05, 0) is 56.0 Å².